The molecule has 0 spiro atoms. The van der Waals surface area contributed by atoms with Gasteiger partial charge in [0, 0.05) is 35.3 Å². The zero-order valence-corrected chi connectivity index (χ0v) is 30.9. The van der Waals surface area contributed by atoms with Crippen molar-refractivity contribution in [1.29, 1.82) is 0 Å². The number of carbonyl (C=O) groups excluding carboxylic acids is 2. The molecule has 0 aromatic heterocycles. The minimum atomic E-state index is -0.309. The number of esters is 2. The molecule has 0 unspecified atom stereocenters. The van der Waals surface area contributed by atoms with E-state index in [0.29, 0.717) is 57.6 Å². The Bertz CT molecular complexity index is 1300. The van der Waals surface area contributed by atoms with Gasteiger partial charge in [0.05, 0.1) is 64.0 Å². The minimum absolute atomic E-state index is 0. The highest BCUT2D eigenvalue weighted by Gasteiger charge is 2.33. The molecule has 10 nitrogen and oxygen atoms in total. The van der Waals surface area contributed by atoms with Crippen molar-refractivity contribution < 1.29 is 28.5 Å². The molecule has 2 aromatic rings. The number of nitrogens with two attached hydrogens (primary N) is 2. The van der Waals surface area contributed by atoms with Gasteiger partial charge < -0.3 is 41.0 Å². The van der Waals surface area contributed by atoms with Crippen LogP contribution in [0, 0.1) is 22.7 Å². The van der Waals surface area contributed by atoms with E-state index < -0.39 is 0 Å². The lowest BCUT2D eigenvalue weighted by molar-refractivity contribution is -0.140. The molecule has 4 rings (SSSR count). The maximum atomic E-state index is 11.5. The Kier molecular flexibility index (Phi) is 15.0. The molecule has 49 heavy (non-hydrogen) atoms. The van der Waals surface area contributed by atoms with Crippen molar-refractivity contribution in [3.63, 3.8) is 0 Å². The molecule has 2 aliphatic carbocycles. The van der Waals surface area contributed by atoms with Crippen molar-refractivity contribution in [2.45, 2.75) is 112 Å². The van der Waals surface area contributed by atoms with E-state index in [1.54, 1.807) is 26.4 Å². The molecule has 2 aliphatic rings. The number of nitrogen functional groups attached to an aromatic ring is 2. The van der Waals surface area contributed by atoms with Gasteiger partial charge in [-0.15, -0.1) is 0 Å². The van der Waals surface area contributed by atoms with Crippen LogP contribution in [0.1, 0.15) is 98.6 Å². The number of hydrogen-bond acceptors (Lipinski definition) is 10. The van der Waals surface area contributed by atoms with Gasteiger partial charge in [-0.05, 0) is 73.3 Å². The zero-order chi connectivity index (χ0) is 35.8. The first-order valence-electron chi connectivity index (χ1n) is 17.1. The molecular formula is C39H64N4O6. The Hall–Kier alpha value is -3.82. The number of nitrogens with one attached hydrogen (secondary N) is 2. The number of carbonyl (C=O) groups is 2. The molecule has 0 amide bonds. The molecule has 2 fully saturated rings. The normalized spacial score (nSPS) is 22.2. The molecule has 276 valence electrons. The molecular weight excluding hydrogens is 620 g/mol. The summed E-state index contributed by atoms with van der Waals surface area (Å²) >= 11 is 0. The van der Waals surface area contributed by atoms with E-state index in [4.69, 9.17) is 30.4 Å². The summed E-state index contributed by atoms with van der Waals surface area (Å²) in [7, 11) is 5.95. The second-order valence-electron chi connectivity index (χ2n) is 15.5. The second-order valence-corrected chi connectivity index (χ2v) is 15.5. The van der Waals surface area contributed by atoms with Crippen molar-refractivity contribution in [3.05, 3.63) is 35.4 Å². The topological polar surface area (TPSA) is 147 Å². The van der Waals surface area contributed by atoms with Crippen LogP contribution in [0.3, 0.4) is 0 Å². The molecule has 0 heterocycles. The van der Waals surface area contributed by atoms with Crippen LogP contribution < -0.4 is 31.6 Å². The Balaban J connectivity index is 0.000000333. The highest BCUT2D eigenvalue weighted by Crippen LogP contribution is 2.42. The maximum absolute atomic E-state index is 11.5. The predicted octanol–water partition coefficient (Wildman–Crippen LogP) is 7.88. The SMILES string of the molecule is C.COC(=O)Cc1cc(N)c(N[C@@H]2C[C@H](C)CC(C)(C)C2)cc1OC.COC(=O)Cc1cc(N)c(N[C@H]2C[C@@H](C)CC(C)(C)C2)cc1OC. The van der Waals surface area contributed by atoms with Gasteiger partial charge in [0.2, 0.25) is 0 Å². The van der Waals surface area contributed by atoms with E-state index in [-0.39, 0.29) is 32.2 Å². The number of anilines is 4. The zero-order valence-electron chi connectivity index (χ0n) is 30.9. The van der Waals surface area contributed by atoms with Crippen LogP contribution in [-0.2, 0) is 31.9 Å². The van der Waals surface area contributed by atoms with Gasteiger partial charge in [0.15, 0.2) is 0 Å². The number of methoxy groups -OCH3 is 4. The van der Waals surface area contributed by atoms with E-state index in [2.05, 4.69) is 52.2 Å². The van der Waals surface area contributed by atoms with E-state index in [1.165, 1.54) is 27.1 Å². The van der Waals surface area contributed by atoms with Gasteiger partial charge in [-0.25, -0.2) is 0 Å². The van der Waals surface area contributed by atoms with Crippen LogP contribution in [0.4, 0.5) is 22.7 Å². The first-order chi connectivity index (χ1) is 22.5. The van der Waals surface area contributed by atoms with Crippen LogP contribution in [0.5, 0.6) is 11.5 Å². The maximum Gasteiger partial charge on any atom is 0.310 e. The summed E-state index contributed by atoms with van der Waals surface area (Å²) in [5.41, 5.74) is 17.6. The fraction of sp³-hybridized carbons (Fsp3) is 0.641. The summed E-state index contributed by atoms with van der Waals surface area (Å²) in [6, 6.07) is 8.16. The summed E-state index contributed by atoms with van der Waals surface area (Å²) in [5, 5.41) is 7.17. The van der Waals surface area contributed by atoms with Crippen molar-refractivity contribution in [2.75, 3.05) is 50.5 Å². The standard InChI is InChI=1S/2C19H30N2O3.CH4/c2*1-12-6-14(11-19(2,3)10-12)21-16-9-17(23-4)13(7-15(16)20)8-18(22)24-5;/h2*7,9,12,14,21H,6,8,10-11,20H2,1-5H3;1H4/t2*12-,14+;/m10./s1. The van der Waals surface area contributed by atoms with E-state index >= 15 is 0 Å². The quantitative estimate of drug-likeness (QED) is 0.144. The number of hydrogen-bond donors (Lipinski definition) is 4. The number of ether oxygens (including phenoxy) is 4. The van der Waals surface area contributed by atoms with Crippen LogP contribution >= 0.6 is 0 Å². The van der Waals surface area contributed by atoms with Crippen molar-refractivity contribution in [2.24, 2.45) is 22.7 Å². The monoisotopic (exact) mass is 684 g/mol. The third-order valence-corrected chi connectivity index (χ3v) is 9.52. The molecule has 0 radical (unpaired) electrons. The predicted molar refractivity (Wildman–Crippen MR) is 201 cm³/mol. The van der Waals surface area contributed by atoms with Gasteiger partial charge in [-0.2, -0.15) is 0 Å². The second kappa shape index (κ2) is 17.7. The fourth-order valence-corrected chi connectivity index (χ4v) is 8.00. The average Bonchev–Trinajstić information content (AvgIpc) is 2.97. The van der Waals surface area contributed by atoms with Gasteiger partial charge in [-0.3, -0.25) is 9.59 Å². The molecule has 2 aromatic carbocycles. The van der Waals surface area contributed by atoms with Crippen LogP contribution in [0.25, 0.3) is 0 Å². The lowest BCUT2D eigenvalue weighted by Gasteiger charge is -2.39. The van der Waals surface area contributed by atoms with E-state index in [9.17, 15) is 9.59 Å². The Morgan fingerprint density at radius 1 is 0.673 bits per heavy atom. The van der Waals surface area contributed by atoms with Crippen molar-refractivity contribution in [1.82, 2.24) is 0 Å². The molecule has 0 saturated heterocycles. The molecule has 0 bridgehead atoms. The minimum Gasteiger partial charge on any atom is -0.496 e. The highest BCUT2D eigenvalue weighted by atomic mass is 16.5. The van der Waals surface area contributed by atoms with E-state index in [1.807, 2.05) is 12.1 Å². The largest absolute Gasteiger partial charge is 0.496 e. The van der Waals surface area contributed by atoms with Crippen molar-refractivity contribution >= 4 is 34.7 Å². The summed E-state index contributed by atoms with van der Waals surface area (Å²) in [6.45, 7) is 13.9. The third kappa shape index (κ3) is 12.2. The highest BCUT2D eigenvalue weighted by molar-refractivity contribution is 5.78. The molecule has 6 N–H and O–H groups in total. The average molecular weight is 685 g/mol. The number of rotatable bonds is 10. The summed E-state index contributed by atoms with van der Waals surface area (Å²) < 4.78 is 20.3. The Morgan fingerprint density at radius 3 is 1.31 bits per heavy atom. The third-order valence-electron chi connectivity index (χ3n) is 9.52. The van der Waals surface area contributed by atoms with Crippen LogP contribution in [0.2, 0.25) is 0 Å². The Morgan fingerprint density at radius 2 is 1.02 bits per heavy atom. The van der Waals surface area contributed by atoms with Crippen molar-refractivity contribution in [3.8, 4) is 11.5 Å². The first-order valence-corrected chi connectivity index (χ1v) is 17.1. The summed E-state index contributed by atoms with van der Waals surface area (Å²) in [6.07, 6.45) is 7.30. The number of benzene rings is 2. The Labute approximate surface area is 295 Å². The lowest BCUT2D eigenvalue weighted by Crippen LogP contribution is -2.35. The lowest BCUT2D eigenvalue weighted by atomic mass is 9.70. The molecule has 0 aliphatic heterocycles. The molecule has 4 atom stereocenters. The van der Waals surface area contributed by atoms with Gasteiger partial charge in [-0.1, -0.05) is 49.0 Å². The molecule has 10 heteroatoms. The molecule has 2 saturated carbocycles. The van der Waals surface area contributed by atoms with Crippen LogP contribution in [0.15, 0.2) is 24.3 Å². The van der Waals surface area contributed by atoms with Gasteiger partial charge in [0.25, 0.3) is 0 Å². The first kappa shape index (κ1) is 41.4. The van der Waals surface area contributed by atoms with Crippen LogP contribution in [-0.4, -0.2) is 52.5 Å². The van der Waals surface area contributed by atoms with Gasteiger partial charge in [0.1, 0.15) is 11.5 Å². The fourth-order valence-electron chi connectivity index (χ4n) is 8.00. The summed E-state index contributed by atoms with van der Waals surface area (Å²) in [5.74, 6) is 2.06. The summed E-state index contributed by atoms with van der Waals surface area (Å²) in [4.78, 5) is 23.1. The van der Waals surface area contributed by atoms with E-state index in [0.717, 1.165) is 48.2 Å². The smallest absolute Gasteiger partial charge is 0.310 e. The van der Waals surface area contributed by atoms with Gasteiger partial charge >= 0.3 is 11.9 Å².